The molecule has 0 atom stereocenters. The Hall–Kier alpha value is -1.32. The topological polar surface area (TPSA) is 46.9 Å². The van der Waals surface area contributed by atoms with E-state index in [1.165, 1.54) is 6.42 Å². The van der Waals surface area contributed by atoms with Crippen molar-refractivity contribution in [2.24, 2.45) is 0 Å². The number of aromatic nitrogens is 2. The molecule has 1 amide bonds. The average Bonchev–Trinajstić information content (AvgIpc) is 2.76. The third-order valence-corrected chi connectivity index (χ3v) is 2.50. The van der Waals surface area contributed by atoms with Crippen LogP contribution in [-0.2, 0) is 11.3 Å². The second-order valence-electron chi connectivity index (χ2n) is 3.92. The molecule has 0 aliphatic rings. The van der Waals surface area contributed by atoms with E-state index in [0.717, 1.165) is 32.4 Å². The zero-order chi connectivity index (χ0) is 11.6. The molecule has 0 saturated carbocycles. The third-order valence-electron chi connectivity index (χ3n) is 2.50. The van der Waals surface area contributed by atoms with Crippen LogP contribution in [-0.4, -0.2) is 22.0 Å². The van der Waals surface area contributed by atoms with Crippen LogP contribution in [0.4, 0.5) is 0 Å². The number of aryl methyl sites for hydroxylation is 1. The molecule has 4 nitrogen and oxygen atoms in total. The minimum atomic E-state index is 0.178. The maximum absolute atomic E-state index is 11.1. The van der Waals surface area contributed by atoms with Gasteiger partial charge in [0.15, 0.2) is 0 Å². The van der Waals surface area contributed by atoms with Gasteiger partial charge in [0.1, 0.15) is 0 Å². The molecule has 1 aromatic heterocycles. The zero-order valence-corrected chi connectivity index (χ0v) is 9.98. The predicted octanol–water partition coefficient (Wildman–Crippen LogP) is 1.97. The highest BCUT2D eigenvalue weighted by Crippen LogP contribution is 2.04. The van der Waals surface area contributed by atoms with Crippen LogP contribution in [0.1, 0.15) is 39.0 Å². The Morgan fingerprint density at radius 3 is 2.81 bits per heavy atom. The van der Waals surface area contributed by atoms with E-state index in [1.54, 1.807) is 6.20 Å². The molecule has 0 unspecified atom stereocenters. The second-order valence-corrected chi connectivity index (χ2v) is 3.92. The summed E-state index contributed by atoms with van der Waals surface area (Å²) in [6.07, 6.45) is 10.8. The number of imidazole rings is 1. The SMILES string of the molecule is CCNC(=O)CCCCCCn1ccnc1. The molecule has 0 aromatic carbocycles. The third kappa shape index (κ3) is 5.53. The van der Waals surface area contributed by atoms with Gasteiger partial charge in [-0.2, -0.15) is 0 Å². The van der Waals surface area contributed by atoms with Crippen molar-refractivity contribution in [3.05, 3.63) is 18.7 Å². The number of unbranched alkanes of at least 4 members (excludes halogenated alkanes) is 3. The van der Waals surface area contributed by atoms with Crippen LogP contribution in [0.15, 0.2) is 18.7 Å². The maximum atomic E-state index is 11.1. The first-order valence-electron chi connectivity index (χ1n) is 6.05. The smallest absolute Gasteiger partial charge is 0.219 e. The Kier molecular flexibility index (Phi) is 6.30. The van der Waals surface area contributed by atoms with Gasteiger partial charge in [-0.3, -0.25) is 4.79 Å². The molecule has 16 heavy (non-hydrogen) atoms. The van der Waals surface area contributed by atoms with Gasteiger partial charge in [-0.1, -0.05) is 12.8 Å². The van der Waals surface area contributed by atoms with E-state index in [1.807, 2.05) is 19.4 Å². The summed E-state index contributed by atoms with van der Waals surface area (Å²) in [7, 11) is 0. The fourth-order valence-corrected chi connectivity index (χ4v) is 1.64. The van der Waals surface area contributed by atoms with Crippen LogP contribution >= 0.6 is 0 Å². The Morgan fingerprint density at radius 1 is 1.31 bits per heavy atom. The summed E-state index contributed by atoms with van der Waals surface area (Å²) in [6.45, 7) is 3.71. The number of hydrogen-bond donors (Lipinski definition) is 1. The van der Waals surface area contributed by atoms with E-state index >= 15 is 0 Å². The molecular formula is C12H21N3O. The fourth-order valence-electron chi connectivity index (χ4n) is 1.64. The van der Waals surface area contributed by atoms with Crippen LogP contribution < -0.4 is 5.32 Å². The summed E-state index contributed by atoms with van der Waals surface area (Å²) in [4.78, 5) is 15.1. The van der Waals surface area contributed by atoms with Gasteiger partial charge >= 0.3 is 0 Å². The Balaban J connectivity index is 1.90. The second kappa shape index (κ2) is 7.91. The van der Waals surface area contributed by atoms with Crippen LogP contribution in [0.25, 0.3) is 0 Å². The molecule has 0 aliphatic heterocycles. The lowest BCUT2D eigenvalue weighted by molar-refractivity contribution is -0.121. The standard InChI is InChI=1S/C12H21N3O/c1-2-14-12(16)7-5-3-4-6-9-15-10-8-13-11-15/h8,10-11H,2-7,9H2,1H3,(H,14,16). The van der Waals surface area contributed by atoms with Gasteiger partial charge in [0.05, 0.1) is 6.33 Å². The van der Waals surface area contributed by atoms with Gasteiger partial charge in [-0.15, -0.1) is 0 Å². The molecule has 1 heterocycles. The van der Waals surface area contributed by atoms with Crippen molar-refractivity contribution < 1.29 is 4.79 Å². The average molecular weight is 223 g/mol. The molecule has 0 aliphatic carbocycles. The first kappa shape index (κ1) is 12.7. The predicted molar refractivity (Wildman–Crippen MR) is 64.0 cm³/mol. The van der Waals surface area contributed by atoms with Crippen molar-refractivity contribution in [1.82, 2.24) is 14.9 Å². The Bertz CT molecular complexity index is 282. The summed E-state index contributed by atoms with van der Waals surface area (Å²) >= 11 is 0. The van der Waals surface area contributed by atoms with Crippen molar-refractivity contribution in [2.45, 2.75) is 45.6 Å². The first-order valence-corrected chi connectivity index (χ1v) is 6.05. The van der Waals surface area contributed by atoms with Crippen molar-refractivity contribution in [3.63, 3.8) is 0 Å². The molecule has 0 saturated heterocycles. The highest BCUT2D eigenvalue weighted by Gasteiger charge is 1.98. The maximum Gasteiger partial charge on any atom is 0.219 e. The van der Waals surface area contributed by atoms with Crippen molar-refractivity contribution in [3.8, 4) is 0 Å². The number of carbonyl (C=O) groups is 1. The number of amides is 1. The highest BCUT2D eigenvalue weighted by atomic mass is 16.1. The van der Waals surface area contributed by atoms with Gasteiger partial charge in [-0.25, -0.2) is 4.98 Å². The quantitative estimate of drug-likeness (QED) is 0.685. The number of nitrogens with one attached hydrogen (secondary N) is 1. The highest BCUT2D eigenvalue weighted by molar-refractivity contribution is 5.75. The number of carbonyl (C=O) groups excluding carboxylic acids is 1. The Labute approximate surface area is 97.1 Å². The first-order chi connectivity index (χ1) is 7.83. The van der Waals surface area contributed by atoms with Gasteiger partial charge < -0.3 is 9.88 Å². The lowest BCUT2D eigenvalue weighted by atomic mass is 10.1. The van der Waals surface area contributed by atoms with Crippen LogP contribution in [0.2, 0.25) is 0 Å². The molecule has 1 N–H and O–H groups in total. The van der Waals surface area contributed by atoms with E-state index in [9.17, 15) is 4.79 Å². The van der Waals surface area contributed by atoms with Crippen molar-refractivity contribution >= 4 is 5.91 Å². The van der Waals surface area contributed by atoms with Crippen LogP contribution in [0.3, 0.4) is 0 Å². The summed E-state index contributed by atoms with van der Waals surface area (Å²) in [5.41, 5.74) is 0. The number of hydrogen-bond acceptors (Lipinski definition) is 2. The lowest BCUT2D eigenvalue weighted by Crippen LogP contribution is -2.21. The van der Waals surface area contributed by atoms with E-state index in [2.05, 4.69) is 14.9 Å². The minimum absolute atomic E-state index is 0.178. The van der Waals surface area contributed by atoms with E-state index in [4.69, 9.17) is 0 Å². The fraction of sp³-hybridized carbons (Fsp3) is 0.667. The number of rotatable bonds is 8. The molecule has 1 rings (SSSR count). The lowest BCUT2D eigenvalue weighted by Gasteiger charge is -2.03. The molecule has 90 valence electrons. The molecule has 0 radical (unpaired) electrons. The molecule has 1 aromatic rings. The summed E-state index contributed by atoms with van der Waals surface area (Å²) < 4.78 is 2.09. The molecular weight excluding hydrogens is 202 g/mol. The molecule has 0 fully saturated rings. The van der Waals surface area contributed by atoms with Crippen molar-refractivity contribution in [2.75, 3.05) is 6.54 Å². The largest absolute Gasteiger partial charge is 0.356 e. The van der Waals surface area contributed by atoms with Gasteiger partial charge in [0.25, 0.3) is 0 Å². The molecule has 0 spiro atoms. The normalized spacial score (nSPS) is 10.3. The summed E-state index contributed by atoms with van der Waals surface area (Å²) in [6, 6.07) is 0. The van der Waals surface area contributed by atoms with Gasteiger partial charge in [0, 0.05) is 31.9 Å². The summed E-state index contributed by atoms with van der Waals surface area (Å²) in [5, 5.41) is 2.81. The van der Waals surface area contributed by atoms with Gasteiger partial charge in [-0.05, 0) is 19.8 Å². The molecule has 4 heteroatoms. The summed E-state index contributed by atoms with van der Waals surface area (Å²) in [5.74, 6) is 0.178. The molecule has 0 bridgehead atoms. The zero-order valence-electron chi connectivity index (χ0n) is 9.98. The van der Waals surface area contributed by atoms with Crippen LogP contribution in [0.5, 0.6) is 0 Å². The van der Waals surface area contributed by atoms with Gasteiger partial charge in [0.2, 0.25) is 5.91 Å². The van der Waals surface area contributed by atoms with E-state index < -0.39 is 0 Å². The minimum Gasteiger partial charge on any atom is -0.356 e. The van der Waals surface area contributed by atoms with Crippen LogP contribution in [0, 0.1) is 0 Å². The Morgan fingerprint density at radius 2 is 2.12 bits per heavy atom. The van der Waals surface area contributed by atoms with E-state index in [-0.39, 0.29) is 5.91 Å². The monoisotopic (exact) mass is 223 g/mol. The van der Waals surface area contributed by atoms with E-state index in [0.29, 0.717) is 6.42 Å². The number of nitrogens with zero attached hydrogens (tertiary/aromatic N) is 2. The van der Waals surface area contributed by atoms with Crippen molar-refractivity contribution in [1.29, 1.82) is 0 Å².